The van der Waals surface area contributed by atoms with Gasteiger partial charge in [0.2, 0.25) is 0 Å². The molecule has 0 saturated carbocycles. The Balaban J connectivity index is 2.42. The highest BCUT2D eigenvalue weighted by Gasteiger charge is 2.47. The minimum atomic E-state index is -0.579. The Morgan fingerprint density at radius 2 is 1.77 bits per heavy atom. The molecule has 1 N–H and O–H groups in total. The average molecular weight is 299 g/mol. The van der Waals surface area contributed by atoms with Gasteiger partial charge in [0.05, 0.1) is 22.9 Å². The highest BCUT2D eigenvalue weighted by atomic mass is 16.3. The SMILES string of the molecule is CC1(C)Nc2c(cc(C(C)(C)C)c3occc23)C(C)(C)C1=O. The summed E-state index contributed by atoms with van der Waals surface area (Å²) in [4.78, 5) is 12.9. The lowest BCUT2D eigenvalue weighted by Crippen LogP contribution is -2.53. The molecule has 3 nitrogen and oxygen atoms in total. The summed E-state index contributed by atoms with van der Waals surface area (Å²) in [6, 6.07) is 4.15. The standard InChI is InChI=1S/C19H25NO2/c1-17(2,3)13-10-12-14(11-8-9-22-15(11)13)20-19(6,7)16(21)18(12,4)5/h8-10,20H,1-7H3. The maximum absolute atomic E-state index is 12.9. The third-order valence-electron chi connectivity index (χ3n) is 4.79. The van der Waals surface area contributed by atoms with Crippen LogP contribution in [0.5, 0.6) is 0 Å². The number of benzene rings is 1. The van der Waals surface area contributed by atoms with E-state index >= 15 is 0 Å². The van der Waals surface area contributed by atoms with E-state index in [9.17, 15) is 4.79 Å². The Labute approximate surface area is 132 Å². The summed E-state index contributed by atoms with van der Waals surface area (Å²) in [6.45, 7) is 14.5. The van der Waals surface area contributed by atoms with Crippen molar-refractivity contribution in [1.29, 1.82) is 0 Å². The molecule has 0 atom stereocenters. The Bertz CT molecular complexity index is 773. The van der Waals surface area contributed by atoms with E-state index in [2.05, 4.69) is 32.2 Å². The van der Waals surface area contributed by atoms with E-state index in [4.69, 9.17) is 4.42 Å². The third kappa shape index (κ3) is 1.91. The number of fused-ring (bicyclic) bond motifs is 3. The van der Waals surface area contributed by atoms with Crippen LogP contribution in [0.25, 0.3) is 11.0 Å². The summed E-state index contributed by atoms with van der Waals surface area (Å²) < 4.78 is 5.78. The van der Waals surface area contributed by atoms with Crippen molar-refractivity contribution in [2.45, 2.75) is 64.8 Å². The number of hydrogen-bond donors (Lipinski definition) is 1. The molecular formula is C19H25NO2. The van der Waals surface area contributed by atoms with Crippen molar-refractivity contribution in [3.05, 3.63) is 29.5 Å². The highest BCUT2D eigenvalue weighted by molar-refractivity contribution is 6.08. The summed E-state index contributed by atoms with van der Waals surface area (Å²) in [5.41, 5.74) is 3.02. The first-order chi connectivity index (χ1) is 9.96. The topological polar surface area (TPSA) is 42.2 Å². The number of carbonyl (C=O) groups is 1. The van der Waals surface area contributed by atoms with E-state index in [1.807, 2.05) is 33.8 Å². The minimum absolute atomic E-state index is 0.0444. The van der Waals surface area contributed by atoms with Gasteiger partial charge in [0.25, 0.3) is 0 Å². The van der Waals surface area contributed by atoms with Crippen LogP contribution in [-0.2, 0) is 15.6 Å². The molecule has 0 amide bonds. The lowest BCUT2D eigenvalue weighted by Gasteiger charge is -2.42. The molecule has 22 heavy (non-hydrogen) atoms. The summed E-state index contributed by atoms with van der Waals surface area (Å²) >= 11 is 0. The first-order valence-corrected chi connectivity index (χ1v) is 7.84. The van der Waals surface area contributed by atoms with Crippen molar-refractivity contribution < 1.29 is 9.21 Å². The number of anilines is 1. The third-order valence-corrected chi connectivity index (χ3v) is 4.79. The van der Waals surface area contributed by atoms with Crippen LogP contribution in [0.1, 0.15) is 59.6 Å². The Kier molecular flexibility index (Phi) is 2.86. The molecule has 0 spiro atoms. The fourth-order valence-corrected chi connectivity index (χ4v) is 3.60. The fraction of sp³-hybridized carbons (Fsp3) is 0.526. The normalized spacial score (nSPS) is 19.9. The lowest BCUT2D eigenvalue weighted by atomic mass is 9.68. The van der Waals surface area contributed by atoms with E-state index in [0.29, 0.717) is 0 Å². The van der Waals surface area contributed by atoms with Crippen LogP contribution >= 0.6 is 0 Å². The van der Waals surface area contributed by atoms with Crippen LogP contribution in [0.3, 0.4) is 0 Å². The second kappa shape index (κ2) is 4.15. The zero-order valence-electron chi connectivity index (χ0n) is 14.5. The van der Waals surface area contributed by atoms with Gasteiger partial charge >= 0.3 is 0 Å². The maximum Gasteiger partial charge on any atom is 0.167 e. The molecule has 0 unspecified atom stereocenters. The molecule has 0 radical (unpaired) electrons. The zero-order chi connectivity index (χ0) is 16.5. The monoisotopic (exact) mass is 299 g/mol. The van der Waals surface area contributed by atoms with Crippen molar-refractivity contribution in [2.75, 3.05) is 5.32 Å². The molecule has 1 aliphatic rings. The molecule has 1 aliphatic heterocycles. The molecule has 3 heteroatoms. The first-order valence-electron chi connectivity index (χ1n) is 7.84. The number of Topliss-reactive ketones (excluding diaryl/α,β-unsaturated/α-hetero) is 1. The molecular weight excluding hydrogens is 274 g/mol. The summed E-state index contributed by atoms with van der Waals surface area (Å²) in [5.74, 6) is 0.218. The van der Waals surface area contributed by atoms with E-state index in [1.54, 1.807) is 6.26 Å². The average Bonchev–Trinajstić information content (AvgIpc) is 2.83. The number of ketones is 1. The van der Waals surface area contributed by atoms with Crippen molar-refractivity contribution in [3.63, 3.8) is 0 Å². The first kappa shape index (κ1) is 15.1. The van der Waals surface area contributed by atoms with Crippen molar-refractivity contribution in [2.24, 2.45) is 0 Å². The zero-order valence-corrected chi connectivity index (χ0v) is 14.5. The predicted molar refractivity (Wildman–Crippen MR) is 90.6 cm³/mol. The molecule has 3 rings (SSSR count). The van der Waals surface area contributed by atoms with Crippen LogP contribution in [0.15, 0.2) is 22.8 Å². The molecule has 1 aromatic carbocycles. The molecule has 2 aromatic rings. The van der Waals surface area contributed by atoms with Gasteiger partial charge in [-0.15, -0.1) is 0 Å². The number of rotatable bonds is 0. The Morgan fingerprint density at radius 3 is 2.36 bits per heavy atom. The van der Waals surface area contributed by atoms with Gasteiger partial charge in [-0.25, -0.2) is 0 Å². The van der Waals surface area contributed by atoms with E-state index in [0.717, 1.165) is 27.8 Å². The molecule has 0 saturated heterocycles. The van der Waals surface area contributed by atoms with Gasteiger partial charge in [-0.05, 0) is 50.8 Å². The molecule has 0 fully saturated rings. The quantitative estimate of drug-likeness (QED) is 0.761. The smallest absolute Gasteiger partial charge is 0.167 e. The van der Waals surface area contributed by atoms with Gasteiger partial charge in [0.1, 0.15) is 5.58 Å². The second-order valence-corrected chi connectivity index (χ2v) is 8.46. The van der Waals surface area contributed by atoms with Crippen LogP contribution in [0.2, 0.25) is 0 Å². The number of carbonyl (C=O) groups excluding carboxylic acids is 1. The summed E-state index contributed by atoms with van der Waals surface area (Å²) in [7, 11) is 0. The Hall–Kier alpha value is -1.77. The molecule has 118 valence electrons. The van der Waals surface area contributed by atoms with Gasteiger partial charge in [-0.1, -0.05) is 20.8 Å². The second-order valence-electron chi connectivity index (χ2n) is 8.46. The molecule has 0 aliphatic carbocycles. The van der Waals surface area contributed by atoms with Crippen LogP contribution in [0.4, 0.5) is 5.69 Å². The Morgan fingerprint density at radius 1 is 1.14 bits per heavy atom. The van der Waals surface area contributed by atoms with Crippen LogP contribution in [-0.4, -0.2) is 11.3 Å². The maximum atomic E-state index is 12.9. The number of furan rings is 1. The minimum Gasteiger partial charge on any atom is -0.464 e. The largest absolute Gasteiger partial charge is 0.464 e. The van der Waals surface area contributed by atoms with Crippen molar-refractivity contribution in [3.8, 4) is 0 Å². The fourth-order valence-electron chi connectivity index (χ4n) is 3.60. The van der Waals surface area contributed by atoms with E-state index in [1.165, 1.54) is 0 Å². The summed E-state index contributed by atoms with van der Waals surface area (Å²) in [5, 5.41) is 4.51. The van der Waals surface area contributed by atoms with Gasteiger partial charge in [0.15, 0.2) is 5.78 Å². The number of hydrogen-bond acceptors (Lipinski definition) is 3. The van der Waals surface area contributed by atoms with E-state index in [-0.39, 0.29) is 11.2 Å². The van der Waals surface area contributed by atoms with Crippen molar-refractivity contribution in [1.82, 2.24) is 0 Å². The molecule has 2 heterocycles. The van der Waals surface area contributed by atoms with Gasteiger partial charge in [-0.3, -0.25) is 4.79 Å². The number of nitrogens with one attached hydrogen (secondary N) is 1. The van der Waals surface area contributed by atoms with E-state index < -0.39 is 11.0 Å². The summed E-state index contributed by atoms with van der Waals surface area (Å²) in [6.07, 6.45) is 1.73. The highest BCUT2D eigenvalue weighted by Crippen LogP contribution is 2.47. The van der Waals surface area contributed by atoms with Gasteiger partial charge in [0, 0.05) is 10.9 Å². The molecule has 0 bridgehead atoms. The lowest BCUT2D eigenvalue weighted by molar-refractivity contribution is -0.127. The predicted octanol–water partition coefficient (Wildman–Crippen LogP) is 4.78. The van der Waals surface area contributed by atoms with Crippen LogP contribution in [0, 0.1) is 0 Å². The van der Waals surface area contributed by atoms with Gasteiger partial charge < -0.3 is 9.73 Å². The van der Waals surface area contributed by atoms with Crippen molar-refractivity contribution >= 4 is 22.4 Å². The molecule has 1 aromatic heterocycles. The van der Waals surface area contributed by atoms with Gasteiger partial charge in [-0.2, -0.15) is 0 Å². The van der Waals surface area contributed by atoms with Crippen LogP contribution < -0.4 is 5.32 Å².